The topological polar surface area (TPSA) is 40.5 Å². The van der Waals surface area contributed by atoms with Gasteiger partial charge >= 0.3 is 12.4 Å². The van der Waals surface area contributed by atoms with Crippen molar-refractivity contribution in [3.8, 4) is 0 Å². The third kappa shape index (κ3) is 3.50. The minimum Gasteiger partial charge on any atom is -0.393 e. The maximum atomic E-state index is 12.3. The summed E-state index contributed by atoms with van der Waals surface area (Å²) in [5.74, 6) is -5.98. The van der Waals surface area contributed by atoms with Crippen molar-refractivity contribution < 1.29 is 36.2 Å². The van der Waals surface area contributed by atoms with Gasteiger partial charge in [-0.2, -0.15) is 26.3 Å². The monoisotopic (exact) mass is 279 g/mol. The predicted octanol–water partition coefficient (Wildman–Crippen LogP) is 1.71. The standard InChI is InChI=1S/C9H11F6NO2/c10-8(11,12)6(9(13,14)15)7(18)16-3-1-5(17)2-4-16/h5-6,17H,1-4H2. The first-order valence-corrected chi connectivity index (χ1v) is 5.13. The normalized spacial score (nSPS) is 19.4. The van der Waals surface area contributed by atoms with Crippen LogP contribution >= 0.6 is 0 Å². The van der Waals surface area contributed by atoms with E-state index in [1.165, 1.54) is 0 Å². The van der Waals surface area contributed by atoms with Crippen LogP contribution in [0.25, 0.3) is 0 Å². The molecule has 0 bridgehead atoms. The van der Waals surface area contributed by atoms with Crippen LogP contribution < -0.4 is 0 Å². The molecule has 1 N–H and O–H groups in total. The number of aliphatic hydroxyl groups is 1. The minimum atomic E-state index is -5.66. The van der Waals surface area contributed by atoms with Crippen LogP contribution in [-0.4, -0.2) is 47.5 Å². The number of alkyl halides is 6. The smallest absolute Gasteiger partial charge is 0.393 e. The maximum Gasteiger partial charge on any atom is 0.409 e. The van der Waals surface area contributed by atoms with Crippen molar-refractivity contribution in [3.05, 3.63) is 0 Å². The van der Waals surface area contributed by atoms with E-state index in [4.69, 9.17) is 5.11 Å². The predicted molar refractivity (Wildman–Crippen MR) is 47.4 cm³/mol. The van der Waals surface area contributed by atoms with Crippen molar-refractivity contribution in [1.29, 1.82) is 0 Å². The zero-order chi connectivity index (χ0) is 14.1. The molecule has 3 nitrogen and oxygen atoms in total. The van der Waals surface area contributed by atoms with Crippen molar-refractivity contribution in [2.45, 2.75) is 31.3 Å². The minimum absolute atomic E-state index is 0.0197. The van der Waals surface area contributed by atoms with Gasteiger partial charge in [0.05, 0.1) is 6.10 Å². The summed E-state index contributed by atoms with van der Waals surface area (Å²) in [7, 11) is 0. The first-order valence-electron chi connectivity index (χ1n) is 5.13. The van der Waals surface area contributed by atoms with Gasteiger partial charge in [-0.3, -0.25) is 4.79 Å². The van der Waals surface area contributed by atoms with E-state index >= 15 is 0 Å². The van der Waals surface area contributed by atoms with Gasteiger partial charge < -0.3 is 10.0 Å². The lowest BCUT2D eigenvalue weighted by Crippen LogP contribution is -2.51. The summed E-state index contributed by atoms with van der Waals surface area (Å²) in [4.78, 5) is 11.8. The molecule has 0 aromatic heterocycles. The van der Waals surface area contributed by atoms with Crippen molar-refractivity contribution in [1.82, 2.24) is 4.90 Å². The first-order chi connectivity index (χ1) is 8.03. The largest absolute Gasteiger partial charge is 0.409 e. The molecular weight excluding hydrogens is 268 g/mol. The number of amides is 1. The van der Waals surface area contributed by atoms with Crippen LogP contribution in [0.3, 0.4) is 0 Å². The fraction of sp³-hybridized carbons (Fsp3) is 0.889. The summed E-state index contributed by atoms with van der Waals surface area (Å²) >= 11 is 0. The third-order valence-corrected chi connectivity index (χ3v) is 2.68. The van der Waals surface area contributed by atoms with E-state index in [1.807, 2.05) is 0 Å². The molecule has 0 spiro atoms. The van der Waals surface area contributed by atoms with E-state index < -0.39 is 30.3 Å². The molecule has 1 fully saturated rings. The number of likely N-dealkylation sites (tertiary alicyclic amines) is 1. The van der Waals surface area contributed by atoms with Crippen LogP contribution in [0.2, 0.25) is 0 Å². The molecule has 1 rings (SSSR count). The van der Waals surface area contributed by atoms with Gasteiger partial charge in [0, 0.05) is 13.1 Å². The van der Waals surface area contributed by atoms with Gasteiger partial charge in [-0.05, 0) is 12.8 Å². The molecule has 0 aromatic carbocycles. The van der Waals surface area contributed by atoms with Crippen molar-refractivity contribution in [3.63, 3.8) is 0 Å². The van der Waals surface area contributed by atoms with Crippen LogP contribution in [0.15, 0.2) is 0 Å². The number of halogens is 6. The Morgan fingerprint density at radius 1 is 1.06 bits per heavy atom. The number of aliphatic hydroxyl groups excluding tert-OH is 1. The summed E-state index contributed by atoms with van der Waals surface area (Å²) in [6, 6.07) is 0. The Morgan fingerprint density at radius 2 is 1.44 bits per heavy atom. The van der Waals surface area contributed by atoms with Gasteiger partial charge in [-0.25, -0.2) is 0 Å². The molecule has 0 aromatic rings. The zero-order valence-electron chi connectivity index (χ0n) is 9.05. The molecular formula is C9H11F6NO2. The van der Waals surface area contributed by atoms with Crippen LogP contribution in [0, 0.1) is 5.92 Å². The fourth-order valence-corrected chi connectivity index (χ4v) is 1.73. The average Bonchev–Trinajstić information content (AvgIpc) is 2.13. The summed E-state index contributed by atoms with van der Waals surface area (Å²) < 4.78 is 73.7. The van der Waals surface area contributed by atoms with E-state index in [1.54, 1.807) is 0 Å². The quantitative estimate of drug-likeness (QED) is 0.742. The van der Waals surface area contributed by atoms with Gasteiger partial charge in [-0.15, -0.1) is 0 Å². The molecule has 1 heterocycles. The highest BCUT2D eigenvalue weighted by atomic mass is 19.4. The Labute approximate surface area is 98.4 Å². The Hall–Kier alpha value is -0.990. The highest BCUT2D eigenvalue weighted by molar-refractivity contribution is 5.80. The summed E-state index contributed by atoms with van der Waals surface area (Å²) in [6.45, 7) is -0.606. The van der Waals surface area contributed by atoms with E-state index in [-0.39, 0.29) is 25.9 Å². The molecule has 1 aliphatic rings. The average molecular weight is 279 g/mol. The van der Waals surface area contributed by atoms with E-state index in [0.717, 1.165) is 0 Å². The van der Waals surface area contributed by atoms with Crippen LogP contribution in [0.1, 0.15) is 12.8 Å². The molecule has 106 valence electrons. The number of rotatable bonds is 1. The number of carbonyl (C=O) groups is 1. The SMILES string of the molecule is O=C(C(C(F)(F)F)C(F)(F)F)N1CCC(O)CC1. The Bertz CT molecular complexity index is 291. The van der Waals surface area contributed by atoms with E-state index in [9.17, 15) is 31.1 Å². The summed E-state index contributed by atoms with van der Waals surface area (Å²) in [6.07, 6.45) is -12.1. The number of nitrogens with zero attached hydrogens (tertiary/aromatic N) is 1. The van der Waals surface area contributed by atoms with Gasteiger partial charge in [0.15, 0.2) is 0 Å². The number of piperidine rings is 1. The van der Waals surface area contributed by atoms with Crippen molar-refractivity contribution >= 4 is 5.91 Å². The molecule has 1 amide bonds. The molecule has 18 heavy (non-hydrogen) atoms. The maximum absolute atomic E-state index is 12.3. The van der Waals surface area contributed by atoms with Gasteiger partial charge in [0.25, 0.3) is 0 Å². The highest BCUT2D eigenvalue weighted by Gasteiger charge is 2.62. The second-order valence-electron chi connectivity index (χ2n) is 4.07. The lowest BCUT2D eigenvalue weighted by Gasteiger charge is -2.33. The van der Waals surface area contributed by atoms with Crippen LogP contribution in [-0.2, 0) is 4.79 Å². The second kappa shape index (κ2) is 4.94. The van der Waals surface area contributed by atoms with Crippen molar-refractivity contribution in [2.75, 3.05) is 13.1 Å². The molecule has 1 aliphatic heterocycles. The number of hydrogen-bond acceptors (Lipinski definition) is 2. The Kier molecular flexibility index (Phi) is 4.14. The summed E-state index contributed by atoms with van der Waals surface area (Å²) in [5.41, 5.74) is 0. The first kappa shape index (κ1) is 15.1. The third-order valence-electron chi connectivity index (χ3n) is 2.68. The van der Waals surface area contributed by atoms with Gasteiger partial charge in [0.2, 0.25) is 11.8 Å². The van der Waals surface area contributed by atoms with Crippen LogP contribution in [0.5, 0.6) is 0 Å². The highest BCUT2D eigenvalue weighted by Crippen LogP contribution is 2.40. The molecule has 0 radical (unpaired) electrons. The van der Waals surface area contributed by atoms with Gasteiger partial charge in [-0.1, -0.05) is 0 Å². The fourth-order valence-electron chi connectivity index (χ4n) is 1.73. The molecule has 0 saturated carbocycles. The summed E-state index contributed by atoms with van der Waals surface area (Å²) in [5, 5.41) is 9.08. The van der Waals surface area contributed by atoms with E-state index in [2.05, 4.69) is 0 Å². The zero-order valence-corrected chi connectivity index (χ0v) is 9.05. The number of carbonyl (C=O) groups excluding carboxylic acids is 1. The van der Waals surface area contributed by atoms with Crippen LogP contribution in [0.4, 0.5) is 26.3 Å². The molecule has 0 atom stereocenters. The molecule has 0 unspecified atom stereocenters. The van der Waals surface area contributed by atoms with Crippen molar-refractivity contribution in [2.24, 2.45) is 5.92 Å². The lowest BCUT2D eigenvalue weighted by atomic mass is 10.0. The molecule has 9 heteroatoms. The second-order valence-corrected chi connectivity index (χ2v) is 4.07. The molecule has 0 aliphatic carbocycles. The van der Waals surface area contributed by atoms with E-state index in [0.29, 0.717) is 4.90 Å². The lowest BCUT2D eigenvalue weighted by molar-refractivity contribution is -0.277. The van der Waals surface area contributed by atoms with Gasteiger partial charge in [0.1, 0.15) is 0 Å². The molecule has 1 saturated heterocycles. The number of hydrogen-bond donors (Lipinski definition) is 1. The Balaban J connectivity index is 2.84. The Morgan fingerprint density at radius 3 is 1.78 bits per heavy atom.